The van der Waals surface area contributed by atoms with Crippen LogP contribution in [-0.2, 0) is 0 Å². The molecule has 6 heteroatoms. The van der Waals surface area contributed by atoms with Crippen LogP contribution in [0, 0.1) is 0 Å². The van der Waals surface area contributed by atoms with Crippen LogP contribution in [0.25, 0.3) is 22.3 Å². The number of nitrogens with zero attached hydrogens (tertiary/aromatic N) is 3. The van der Waals surface area contributed by atoms with Gasteiger partial charge in [-0.25, -0.2) is 0 Å². The summed E-state index contributed by atoms with van der Waals surface area (Å²) in [7, 11) is 0. The maximum atomic E-state index is 8.90. The highest BCUT2D eigenvalue weighted by Crippen LogP contribution is 2.42. The number of benzene rings is 1. The first-order chi connectivity index (χ1) is 11.4. The van der Waals surface area contributed by atoms with Gasteiger partial charge in [0.25, 0.3) is 0 Å². The van der Waals surface area contributed by atoms with E-state index in [-0.39, 0.29) is 6.61 Å². The minimum Gasteiger partial charge on any atom is -0.396 e. The second-order valence-electron chi connectivity index (χ2n) is 5.93. The number of hydrogen-bond donors (Lipinski definition) is 2. The van der Waals surface area contributed by atoms with Gasteiger partial charge in [0.15, 0.2) is 11.0 Å². The molecule has 0 unspecified atom stereocenters. The van der Waals surface area contributed by atoms with Crippen molar-refractivity contribution in [3.63, 3.8) is 0 Å². The van der Waals surface area contributed by atoms with Gasteiger partial charge in [-0.2, -0.15) is 0 Å². The first kappa shape index (κ1) is 14.8. The third-order valence-corrected chi connectivity index (χ3v) is 5.22. The number of aliphatic hydroxyl groups excluding tert-OH is 1. The Labute approximate surface area is 139 Å². The average molecular weight is 328 g/mol. The molecule has 0 bridgehead atoms. The Morgan fingerprint density at radius 3 is 2.91 bits per heavy atom. The van der Waals surface area contributed by atoms with Crippen LogP contribution in [0.2, 0.25) is 0 Å². The molecular weight excluding hydrogens is 308 g/mol. The van der Waals surface area contributed by atoms with Crippen LogP contribution in [0.5, 0.6) is 0 Å². The standard InChI is InChI=1S/C17H20N4OS/c22-9-3-4-10-23-17-20-19-16(21(17)12-7-8-12)14-11-18-15-6-2-1-5-13(14)15/h1-2,5-6,11-12,18,22H,3-4,7-10H2. The molecule has 1 saturated carbocycles. The van der Waals surface area contributed by atoms with Gasteiger partial charge in [-0.15, -0.1) is 10.2 Å². The molecule has 1 aliphatic rings. The van der Waals surface area contributed by atoms with Crippen molar-refractivity contribution in [1.82, 2.24) is 19.7 Å². The number of H-pyrrole nitrogens is 1. The third-order valence-electron chi connectivity index (χ3n) is 4.19. The largest absolute Gasteiger partial charge is 0.396 e. The number of fused-ring (bicyclic) bond motifs is 1. The van der Waals surface area contributed by atoms with Crippen LogP contribution < -0.4 is 0 Å². The van der Waals surface area contributed by atoms with E-state index in [1.165, 1.54) is 18.2 Å². The Hall–Kier alpha value is -1.79. The molecule has 3 aromatic rings. The molecule has 4 rings (SSSR count). The van der Waals surface area contributed by atoms with Crippen LogP contribution in [-0.4, -0.2) is 37.2 Å². The molecule has 2 aromatic heterocycles. The number of hydrogen-bond acceptors (Lipinski definition) is 4. The van der Waals surface area contributed by atoms with Crippen molar-refractivity contribution >= 4 is 22.7 Å². The quantitative estimate of drug-likeness (QED) is 0.513. The van der Waals surface area contributed by atoms with Gasteiger partial charge in [-0.1, -0.05) is 30.0 Å². The molecule has 0 saturated heterocycles. The van der Waals surface area contributed by atoms with E-state index >= 15 is 0 Å². The predicted molar refractivity (Wildman–Crippen MR) is 92.6 cm³/mol. The normalized spacial score (nSPS) is 14.7. The van der Waals surface area contributed by atoms with Crippen molar-refractivity contribution in [3.05, 3.63) is 30.5 Å². The summed E-state index contributed by atoms with van der Waals surface area (Å²) in [6, 6.07) is 8.84. The van der Waals surface area contributed by atoms with Gasteiger partial charge >= 0.3 is 0 Å². The van der Waals surface area contributed by atoms with E-state index in [4.69, 9.17) is 5.11 Å². The summed E-state index contributed by atoms with van der Waals surface area (Å²) in [5.74, 6) is 1.94. The molecular formula is C17H20N4OS. The highest BCUT2D eigenvalue weighted by molar-refractivity contribution is 7.99. The molecule has 0 aliphatic heterocycles. The van der Waals surface area contributed by atoms with E-state index in [9.17, 15) is 0 Å². The number of nitrogens with one attached hydrogen (secondary N) is 1. The van der Waals surface area contributed by atoms with Gasteiger partial charge < -0.3 is 10.1 Å². The maximum Gasteiger partial charge on any atom is 0.191 e. The van der Waals surface area contributed by atoms with Crippen molar-refractivity contribution in [2.24, 2.45) is 0 Å². The van der Waals surface area contributed by atoms with Gasteiger partial charge in [0.2, 0.25) is 0 Å². The number of aliphatic hydroxyl groups is 1. The van der Waals surface area contributed by atoms with Gasteiger partial charge in [0, 0.05) is 41.1 Å². The number of para-hydroxylation sites is 1. The lowest BCUT2D eigenvalue weighted by Gasteiger charge is -2.08. The summed E-state index contributed by atoms with van der Waals surface area (Å²) < 4.78 is 2.30. The minimum atomic E-state index is 0.260. The number of unbranched alkanes of at least 4 members (excludes halogenated alkanes) is 1. The topological polar surface area (TPSA) is 66.7 Å². The Kier molecular flexibility index (Phi) is 4.10. The summed E-state index contributed by atoms with van der Waals surface area (Å²) in [5.41, 5.74) is 2.26. The maximum absolute atomic E-state index is 8.90. The second-order valence-corrected chi connectivity index (χ2v) is 7.00. The van der Waals surface area contributed by atoms with Gasteiger partial charge in [-0.05, 0) is 31.7 Å². The van der Waals surface area contributed by atoms with E-state index < -0.39 is 0 Å². The van der Waals surface area contributed by atoms with Crippen LogP contribution in [0.1, 0.15) is 31.7 Å². The third kappa shape index (κ3) is 2.88. The van der Waals surface area contributed by atoms with E-state index in [1.54, 1.807) is 11.8 Å². The van der Waals surface area contributed by atoms with Gasteiger partial charge in [0.05, 0.1) is 0 Å². The first-order valence-corrected chi connectivity index (χ1v) is 9.12. The van der Waals surface area contributed by atoms with Gasteiger partial charge in [0.1, 0.15) is 0 Å². The SMILES string of the molecule is OCCCCSc1nnc(-c2c[nH]c3ccccc23)n1C1CC1. The molecule has 0 radical (unpaired) electrons. The van der Waals surface area contributed by atoms with Crippen molar-refractivity contribution in [2.75, 3.05) is 12.4 Å². The Morgan fingerprint density at radius 1 is 1.22 bits per heavy atom. The molecule has 120 valence electrons. The van der Waals surface area contributed by atoms with E-state index in [1.807, 2.05) is 12.3 Å². The van der Waals surface area contributed by atoms with Crippen molar-refractivity contribution < 1.29 is 5.11 Å². The lowest BCUT2D eigenvalue weighted by molar-refractivity contribution is 0.287. The number of aromatic nitrogens is 4. The van der Waals surface area contributed by atoms with Crippen molar-refractivity contribution in [1.29, 1.82) is 0 Å². The summed E-state index contributed by atoms with van der Waals surface area (Å²) in [6.45, 7) is 0.260. The van der Waals surface area contributed by atoms with E-state index in [0.717, 1.165) is 40.7 Å². The fourth-order valence-corrected chi connectivity index (χ4v) is 3.86. The Morgan fingerprint density at radius 2 is 2.09 bits per heavy atom. The molecule has 2 N–H and O–H groups in total. The zero-order valence-electron chi connectivity index (χ0n) is 12.9. The summed E-state index contributed by atoms with van der Waals surface area (Å²) in [6.07, 6.45) is 6.30. The van der Waals surface area contributed by atoms with Crippen LogP contribution in [0.4, 0.5) is 0 Å². The molecule has 5 nitrogen and oxygen atoms in total. The molecule has 0 atom stereocenters. The zero-order valence-corrected chi connectivity index (χ0v) is 13.7. The summed E-state index contributed by atoms with van der Waals surface area (Å²) >= 11 is 1.75. The van der Waals surface area contributed by atoms with Crippen LogP contribution in [0.15, 0.2) is 35.6 Å². The van der Waals surface area contributed by atoms with E-state index in [0.29, 0.717) is 6.04 Å². The molecule has 23 heavy (non-hydrogen) atoms. The van der Waals surface area contributed by atoms with Crippen molar-refractivity contribution in [3.8, 4) is 11.4 Å². The summed E-state index contributed by atoms with van der Waals surface area (Å²) in [4.78, 5) is 3.33. The van der Waals surface area contributed by atoms with Crippen LogP contribution in [0.3, 0.4) is 0 Å². The molecule has 0 amide bonds. The fraction of sp³-hybridized carbons (Fsp3) is 0.412. The smallest absolute Gasteiger partial charge is 0.191 e. The van der Waals surface area contributed by atoms with Crippen LogP contribution >= 0.6 is 11.8 Å². The highest BCUT2D eigenvalue weighted by atomic mass is 32.2. The monoisotopic (exact) mass is 328 g/mol. The lowest BCUT2D eigenvalue weighted by atomic mass is 10.1. The predicted octanol–water partition coefficient (Wildman–Crippen LogP) is 3.63. The first-order valence-electron chi connectivity index (χ1n) is 8.13. The number of rotatable bonds is 7. The fourth-order valence-electron chi connectivity index (χ4n) is 2.85. The average Bonchev–Trinajstić information content (AvgIpc) is 3.19. The van der Waals surface area contributed by atoms with E-state index in [2.05, 4.69) is 37.9 Å². The minimum absolute atomic E-state index is 0.260. The number of aromatic amines is 1. The zero-order chi connectivity index (χ0) is 15.6. The Balaban J connectivity index is 1.67. The Bertz CT molecular complexity index is 806. The lowest BCUT2D eigenvalue weighted by Crippen LogP contribution is -2.00. The molecule has 1 fully saturated rings. The molecule has 0 spiro atoms. The number of thioether (sulfide) groups is 1. The molecule has 1 aliphatic carbocycles. The molecule has 1 aromatic carbocycles. The second kappa shape index (κ2) is 6.37. The summed E-state index contributed by atoms with van der Waals surface area (Å²) in [5, 5.41) is 20.0. The van der Waals surface area contributed by atoms with Gasteiger partial charge in [-0.3, -0.25) is 4.57 Å². The van der Waals surface area contributed by atoms with Crippen molar-refractivity contribution in [2.45, 2.75) is 36.9 Å². The molecule has 2 heterocycles. The highest BCUT2D eigenvalue weighted by Gasteiger charge is 2.30.